The van der Waals surface area contributed by atoms with Crippen LogP contribution >= 0.6 is 24.0 Å². The zero-order chi connectivity index (χ0) is 24.4. The molecule has 2 aromatic heterocycles. The molecule has 1 amide bonds. The van der Waals surface area contributed by atoms with Crippen LogP contribution in [0, 0.1) is 13.8 Å². The molecule has 0 radical (unpaired) electrons. The summed E-state index contributed by atoms with van der Waals surface area (Å²) in [5.41, 5.74) is 2.09. The first-order valence-electron chi connectivity index (χ1n) is 10.5. The van der Waals surface area contributed by atoms with Gasteiger partial charge < -0.3 is 9.84 Å². The van der Waals surface area contributed by atoms with E-state index in [-0.39, 0.29) is 47.2 Å². The van der Waals surface area contributed by atoms with Gasteiger partial charge in [-0.1, -0.05) is 47.7 Å². The Morgan fingerprint density at radius 3 is 2.76 bits per heavy atom. The topological polar surface area (TPSA) is 101 Å². The summed E-state index contributed by atoms with van der Waals surface area (Å²) in [6.07, 6.45) is 3.25. The number of carboxylic acids is 1. The SMILES string of the molecule is Cc1ccc(Oc2nc3ccccn3c(=O)c2/C=C2/SC(=S)N(CCCC(=O)O)C2=O)c(C)c1. The number of aryl methyl sites for hydroxylation is 2. The number of rotatable bonds is 7. The van der Waals surface area contributed by atoms with Gasteiger partial charge in [-0.15, -0.1) is 0 Å². The summed E-state index contributed by atoms with van der Waals surface area (Å²) in [6.45, 7) is 4.06. The summed E-state index contributed by atoms with van der Waals surface area (Å²) in [6, 6.07) is 10.9. The summed E-state index contributed by atoms with van der Waals surface area (Å²) in [7, 11) is 0. The number of hydrogen-bond donors (Lipinski definition) is 1. The van der Waals surface area contributed by atoms with Gasteiger partial charge in [-0.2, -0.15) is 4.98 Å². The molecule has 3 heterocycles. The number of aromatic nitrogens is 2. The average Bonchev–Trinajstić information content (AvgIpc) is 3.05. The Morgan fingerprint density at radius 2 is 2.03 bits per heavy atom. The van der Waals surface area contributed by atoms with Gasteiger partial charge in [0.2, 0.25) is 5.88 Å². The number of benzene rings is 1. The van der Waals surface area contributed by atoms with E-state index in [2.05, 4.69) is 4.98 Å². The number of ether oxygens (including phenoxy) is 1. The van der Waals surface area contributed by atoms with Gasteiger partial charge in [-0.25, -0.2) is 0 Å². The Bertz CT molecular complexity index is 1410. The monoisotopic (exact) mass is 495 g/mol. The Labute approximate surface area is 204 Å². The molecule has 10 heteroatoms. The van der Waals surface area contributed by atoms with Crippen LogP contribution in [0.3, 0.4) is 0 Å². The Hall–Kier alpha value is -3.50. The van der Waals surface area contributed by atoms with Crippen LogP contribution in [-0.2, 0) is 9.59 Å². The third kappa shape index (κ3) is 4.87. The van der Waals surface area contributed by atoms with Crippen molar-refractivity contribution in [1.29, 1.82) is 0 Å². The number of carbonyl (C=O) groups is 2. The highest BCUT2D eigenvalue weighted by Gasteiger charge is 2.32. The van der Waals surface area contributed by atoms with Crippen LogP contribution in [0.4, 0.5) is 0 Å². The van der Waals surface area contributed by atoms with Crippen molar-refractivity contribution in [1.82, 2.24) is 14.3 Å². The molecule has 0 atom stereocenters. The zero-order valence-corrected chi connectivity index (χ0v) is 20.1. The van der Waals surface area contributed by atoms with E-state index < -0.39 is 5.97 Å². The summed E-state index contributed by atoms with van der Waals surface area (Å²) < 4.78 is 7.77. The maximum atomic E-state index is 13.3. The van der Waals surface area contributed by atoms with Gasteiger partial charge in [0.05, 0.1) is 4.91 Å². The van der Waals surface area contributed by atoms with Crippen molar-refractivity contribution in [3.8, 4) is 11.6 Å². The lowest BCUT2D eigenvalue weighted by Crippen LogP contribution is -2.29. The van der Waals surface area contributed by atoms with Crippen LogP contribution in [0.1, 0.15) is 29.5 Å². The van der Waals surface area contributed by atoms with Crippen molar-refractivity contribution in [2.45, 2.75) is 26.7 Å². The summed E-state index contributed by atoms with van der Waals surface area (Å²) in [5, 5.41) is 8.86. The zero-order valence-electron chi connectivity index (χ0n) is 18.5. The molecule has 1 N–H and O–H groups in total. The lowest BCUT2D eigenvalue weighted by Gasteiger charge is -2.13. The molecule has 8 nitrogen and oxygen atoms in total. The highest BCUT2D eigenvalue weighted by Crippen LogP contribution is 2.34. The molecule has 1 aromatic carbocycles. The van der Waals surface area contributed by atoms with Gasteiger partial charge in [-0.3, -0.25) is 23.7 Å². The summed E-state index contributed by atoms with van der Waals surface area (Å²) in [4.78, 5) is 43.3. The Kier molecular flexibility index (Phi) is 6.80. The minimum absolute atomic E-state index is 0.0695. The minimum atomic E-state index is -0.940. The Balaban J connectivity index is 1.76. The first-order chi connectivity index (χ1) is 16.2. The van der Waals surface area contributed by atoms with E-state index in [0.29, 0.717) is 15.7 Å². The molecule has 1 aliphatic rings. The van der Waals surface area contributed by atoms with Crippen molar-refractivity contribution in [2.24, 2.45) is 0 Å². The minimum Gasteiger partial charge on any atom is -0.481 e. The van der Waals surface area contributed by atoms with E-state index in [1.165, 1.54) is 15.4 Å². The van der Waals surface area contributed by atoms with Gasteiger partial charge in [-0.05, 0) is 50.1 Å². The van der Waals surface area contributed by atoms with E-state index >= 15 is 0 Å². The second-order valence-electron chi connectivity index (χ2n) is 7.77. The number of thioether (sulfide) groups is 1. The normalized spacial score (nSPS) is 14.9. The quantitative estimate of drug-likeness (QED) is 0.385. The summed E-state index contributed by atoms with van der Waals surface area (Å²) >= 11 is 6.38. The predicted molar refractivity (Wildman–Crippen MR) is 134 cm³/mol. The maximum Gasteiger partial charge on any atom is 0.303 e. The lowest BCUT2D eigenvalue weighted by molar-refractivity contribution is -0.137. The fourth-order valence-corrected chi connectivity index (χ4v) is 4.80. The molecular formula is C24H21N3O5S2. The third-order valence-corrected chi connectivity index (χ3v) is 6.57. The number of fused-ring (bicyclic) bond motifs is 1. The number of aliphatic carboxylic acids is 1. The number of hydrogen-bond acceptors (Lipinski definition) is 7. The second kappa shape index (κ2) is 9.78. The van der Waals surface area contributed by atoms with E-state index in [0.717, 1.165) is 22.9 Å². The molecule has 0 saturated carbocycles. The average molecular weight is 496 g/mol. The van der Waals surface area contributed by atoms with Crippen LogP contribution in [-0.4, -0.2) is 42.1 Å². The van der Waals surface area contributed by atoms with E-state index in [9.17, 15) is 14.4 Å². The van der Waals surface area contributed by atoms with Crippen molar-refractivity contribution < 1.29 is 19.4 Å². The van der Waals surface area contributed by atoms with E-state index in [4.69, 9.17) is 22.1 Å². The standard InChI is InChI=1S/C24H21N3O5S2/c1-14-8-9-17(15(2)12-14)32-21-16(22(30)26-10-4-3-6-19(26)25-21)13-18-23(31)27(24(33)34-18)11-5-7-20(28)29/h3-4,6,8-10,12-13H,5,7,11H2,1-2H3,(H,28,29)/b18-13+. The Morgan fingerprint density at radius 1 is 1.24 bits per heavy atom. The summed E-state index contributed by atoms with van der Waals surface area (Å²) in [5.74, 6) is -0.687. The molecule has 1 fully saturated rings. The smallest absolute Gasteiger partial charge is 0.303 e. The fraction of sp³-hybridized carbons (Fsp3) is 0.208. The van der Waals surface area contributed by atoms with Gasteiger partial charge >= 0.3 is 5.97 Å². The maximum absolute atomic E-state index is 13.3. The third-order valence-electron chi connectivity index (χ3n) is 5.19. The molecule has 1 aliphatic heterocycles. The second-order valence-corrected chi connectivity index (χ2v) is 9.44. The van der Waals surface area contributed by atoms with Gasteiger partial charge in [0, 0.05) is 19.2 Å². The molecule has 0 unspecified atom stereocenters. The van der Waals surface area contributed by atoms with Crippen LogP contribution in [0.2, 0.25) is 0 Å². The molecule has 0 bridgehead atoms. The largest absolute Gasteiger partial charge is 0.481 e. The van der Waals surface area contributed by atoms with Crippen molar-refractivity contribution in [3.05, 3.63) is 74.5 Å². The molecule has 1 saturated heterocycles. The molecule has 174 valence electrons. The number of amides is 1. The van der Waals surface area contributed by atoms with Crippen LogP contribution in [0.15, 0.2) is 52.3 Å². The van der Waals surface area contributed by atoms with Crippen molar-refractivity contribution >= 4 is 51.9 Å². The van der Waals surface area contributed by atoms with Crippen LogP contribution in [0.25, 0.3) is 11.7 Å². The first-order valence-corrected chi connectivity index (χ1v) is 11.7. The fourth-order valence-electron chi connectivity index (χ4n) is 3.51. The van der Waals surface area contributed by atoms with Gasteiger partial charge in [0.1, 0.15) is 21.3 Å². The number of carboxylic acid groups (broad SMARTS) is 1. The van der Waals surface area contributed by atoms with E-state index in [1.54, 1.807) is 24.4 Å². The van der Waals surface area contributed by atoms with E-state index in [1.807, 2.05) is 32.0 Å². The molecule has 0 aliphatic carbocycles. The highest BCUT2D eigenvalue weighted by atomic mass is 32.2. The number of carbonyl (C=O) groups excluding carboxylic acids is 1. The van der Waals surface area contributed by atoms with Crippen molar-refractivity contribution in [3.63, 3.8) is 0 Å². The molecule has 34 heavy (non-hydrogen) atoms. The molecule has 4 rings (SSSR count). The highest BCUT2D eigenvalue weighted by molar-refractivity contribution is 8.26. The molecule has 3 aromatic rings. The lowest BCUT2D eigenvalue weighted by atomic mass is 10.1. The number of thiocarbonyl (C=S) groups is 1. The van der Waals surface area contributed by atoms with Crippen LogP contribution < -0.4 is 10.3 Å². The predicted octanol–water partition coefficient (Wildman–Crippen LogP) is 4.17. The van der Waals surface area contributed by atoms with Gasteiger partial charge in [0.25, 0.3) is 11.5 Å². The number of pyridine rings is 1. The van der Waals surface area contributed by atoms with Crippen molar-refractivity contribution in [2.75, 3.05) is 6.54 Å². The molecular weight excluding hydrogens is 474 g/mol. The van der Waals surface area contributed by atoms with Gasteiger partial charge in [0.15, 0.2) is 0 Å². The molecule has 0 spiro atoms. The first kappa shape index (κ1) is 23.7. The van der Waals surface area contributed by atoms with Crippen LogP contribution in [0.5, 0.6) is 11.6 Å². The number of nitrogens with zero attached hydrogens (tertiary/aromatic N) is 3.